The van der Waals surface area contributed by atoms with E-state index in [-0.39, 0.29) is 5.91 Å². The number of hydrogen-bond donors (Lipinski definition) is 2. The normalized spacial score (nSPS) is 18.5. The van der Waals surface area contributed by atoms with Gasteiger partial charge in [-0.2, -0.15) is 5.10 Å². The molecule has 0 atom stereocenters. The molecule has 5 nitrogen and oxygen atoms in total. The average Bonchev–Trinajstić information content (AvgIpc) is 2.69. The topological polar surface area (TPSA) is 67.2 Å². The molecular formula is C16H27N3O2. The molecule has 0 aliphatic heterocycles. The summed E-state index contributed by atoms with van der Waals surface area (Å²) in [5.41, 5.74) is 0.720. The van der Waals surface area contributed by atoms with E-state index in [2.05, 4.69) is 24.3 Å². The largest absolute Gasteiger partial charge is 0.388 e. The second-order valence-electron chi connectivity index (χ2n) is 6.55. The van der Waals surface area contributed by atoms with Crippen LogP contribution in [-0.4, -0.2) is 32.9 Å². The molecule has 0 spiro atoms. The Kier molecular flexibility index (Phi) is 5.04. The minimum absolute atomic E-state index is 0.158. The molecule has 1 aliphatic carbocycles. The van der Waals surface area contributed by atoms with Crippen molar-refractivity contribution in [3.63, 3.8) is 0 Å². The van der Waals surface area contributed by atoms with Gasteiger partial charge in [-0.3, -0.25) is 9.48 Å². The van der Waals surface area contributed by atoms with Crippen molar-refractivity contribution in [1.82, 2.24) is 15.1 Å². The highest BCUT2D eigenvalue weighted by atomic mass is 16.3. The Morgan fingerprint density at radius 2 is 2.00 bits per heavy atom. The molecule has 1 fully saturated rings. The van der Waals surface area contributed by atoms with Crippen LogP contribution in [-0.2, 0) is 7.05 Å². The van der Waals surface area contributed by atoms with Gasteiger partial charge in [-0.15, -0.1) is 0 Å². The van der Waals surface area contributed by atoms with Crippen molar-refractivity contribution in [1.29, 1.82) is 0 Å². The minimum Gasteiger partial charge on any atom is -0.388 e. The van der Waals surface area contributed by atoms with Crippen LogP contribution < -0.4 is 5.32 Å². The third-order valence-corrected chi connectivity index (χ3v) is 4.34. The third kappa shape index (κ3) is 4.06. The molecule has 2 N–H and O–H groups in total. The molecule has 0 aromatic carbocycles. The first kappa shape index (κ1) is 16.0. The van der Waals surface area contributed by atoms with Crippen molar-refractivity contribution in [3.05, 3.63) is 17.5 Å². The van der Waals surface area contributed by atoms with Crippen molar-refractivity contribution < 1.29 is 9.90 Å². The van der Waals surface area contributed by atoms with E-state index in [1.165, 1.54) is 12.8 Å². The molecular weight excluding hydrogens is 266 g/mol. The standard InChI is InChI=1S/C16H27N3O2/c1-12(2)13-10-14(19(3)18-13)15(20)17-11-16(21)8-6-4-5-7-9-16/h10,12,21H,4-9,11H2,1-3H3,(H,17,20). The van der Waals surface area contributed by atoms with Crippen molar-refractivity contribution in [2.45, 2.75) is 63.9 Å². The Bertz CT molecular complexity index is 486. The molecule has 1 aromatic heterocycles. The first-order valence-electron chi connectivity index (χ1n) is 7.96. The van der Waals surface area contributed by atoms with Gasteiger partial charge in [0.2, 0.25) is 0 Å². The molecule has 118 valence electrons. The third-order valence-electron chi connectivity index (χ3n) is 4.34. The minimum atomic E-state index is -0.744. The quantitative estimate of drug-likeness (QED) is 0.837. The molecule has 5 heteroatoms. The highest BCUT2D eigenvalue weighted by molar-refractivity contribution is 5.92. The lowest BCUT2D eigenvalue weighted by Gasteiger charge is -2.26. The Hall–Kier alpha value is -1.36. The summed E-state index contributed by atoms with van der Waals surface area (Å²) in [5, 5.41) is 17.8. The lowest BCUT2D eigenvalue weighted by molar-refractivity contribution is 0.0245. The Balaban J connectivity index is 1.98. The predicted octanol–water partition coefficient (Wildman–Crippen LogP) is 2.36. The Morgan fingerprint density at radius 3 is 2.52 bits per heavy atom. The van der Waals surface area contributed by atoms with Crippen LogP contribution in [0.1, 0.15) is 74.5 Å². The molecule has 2 rings (SSSR count). The average molecular weight is 293 g/mol. The van der Waals surface area contributed by atoms with E-state index in [1.54, 1.807) is 11.7 Å². The first-order chi connectivity index (χ1) is 9.91. The summed E-state index contributed by atoms with van der Waals surface area (Å²) < 4.78 is 1.61. The van der Waals surface area contributed by atoms with Crippen LogP contribution in [0.5, 0.6) is 0 Å². The van der Waals surface area contributed by atoms with E-state index in [0.717, 1.165) is 31.4 Å². The summed E-state index contributed by atoms with van der Waals surface area (Å²) in [6, 6.07) is 1.83. The van der Waals surface area contributed by atoms with Gasteiger partial charge in [-0.1, -0.05) is 39.5 Å². The van der Waals surface area contributed by atoms with E-state index in [1.807, 2.05) is 6.07 Å². The van der Waals surface area contributed by atoms with Crippen LogP contribution in [0, 0.1) is 0 Å². The van der Waals surface area contributed by atoms with E-state index < -0.39 is 5.60 Å². The second-order valence-corrected chi connectivity index (χ2v) is 6.55. The van der Waals surface area contributed by atoms with Crippen LogP contribution in [0.25, 0.3) is 0 Å². The number of carbonyl (C=O) groups excluding carboxylic acids is 1. The van der Waals surface area contributed by atoms with Gasteiger partial charge in [0.25, 0.3) is 5.91 Å². The van der Waals surface area contributed by atoms with E-state index in [4.69, 9.17) is 0 Å². The molecule has 1 aliphatic rings. The van der Waals surface area contributed by atoms with Crippen LogP contribution in [0.2, 0.25) is 0 Å². The number of aromatic nitrogens is 2. The monoisotopic (exact) mass is 293 g/mol. The number of aryl methyl sites for hydroxylation is 1. The lowest BCUT2D eigenvalue weighted by Crippen LogP contribution is -2.43. The molecule has 0 unspecified atom stereocenters. The predicted molar refractivity (Wildman–Crippen MR) is 82.3 cm³/mol. The fourth-order valence-electron chi connectivity index (χ4n) is 2.88. The molecule has 0 radical (unpaired) electrons. The highest BCUT2D eigenvalue weighted by Crippen LogP contribution is 2.26. The SMILES string of the molecule is CC(C)c1cc(C(=O)NCC2(O)CCCCCC2)n(C)n1. The number of nitrogens with one attached hydrogen (secondary N) is 1. The summed E-state index contributed by atoms with van der Waals surface area (Å²) >= 11 is 0. The van der Waals surface area contributed by atoms with Gasteiger partial charge in [0, 0.05) is 13.6 Å². The number of carbonyl (C=O) groups is 1. The Labute approximate surface area is 126 Å². The molecule has 1 amide bonds. The van der Waals surface area contributed by atoms with Crippen molar-refractivity contribution in [2.75, 3.05) is 6.54 Å². The van der Waals surface area contributed by atoms with Gasteiger partial charge in [-0.25, -0.2) is 0 Å². The van der Waals surface area contributed by atoms with Gasteiger partial charge >= 0.3 is 0 Å². The van der Waals surface area contributed by atoms with E-state index in [0.29, 0.717) is 18.2 Å². The van der Waals surface area contributed by atoms with Crippen molar-refractivity contribution in [3.8, 4) is 0 Å². The zero-order valence-corrected chi connectivity index (χ0v) is 13.4. The lowest BCUT2D eigenvalue weighted by atomic mass is 9.94. The molecule has 1 heterocycles. The maximum atomic E-state index is 12.3. The zero-order chi connectivity index (χ0) is 15.5. The highest BCUT2D eigenvalue weighted by Gasteiger charge is 2.29. The van der Waals surface area contributed by atoms with Gasteiger partial charge < -0.3 is 10.4 Å². The molecule has 1 aromatic rings. The van der Waals surface area contributed by atoms with Crippen molar-refractivity contribution in [2.24, 2.45) is 7.05 Å². The van der Waals surface area contributed by atoms with Crippen LogP contribution >= 0.6 is 0 Å². The number of aliphatic hydroxyl groups is 1. The maximum absolute atomic E-state index is 12.3. The Morgan fingerprint density at radius 1 is 1.38 bits per heavy atom. The molecule has 0 bridgehead atoms. The number of rotatable bonds is 4. The zero-order valence-electron chi connectivity index (χ0n) is 13.4. The van der Waals surface area contributed by atoms with Crippen molar-refractivity contribution >= 4 is 5.91 Å². The summed E-state index contributed by atoms with van der Waals surface area (Å²) in [7, 11) is 1.78. The summed E-state index contributed by atoms with van der Waals surface area (Å²) in [6.45, 7) is 4.44. The van der Waals surface area contributed by atoms with Crippen LogP contribution in [0.15, 0.2) is 6.07 Å². The second kappa shape index (κ2) is 6.60. The van der Waals surface area contributed by atoms with Gasteiger partial charge in [0.05, 0.1) is 11.3 Å². The van der Waals surface area contributed by atoms with Crippen LogP contribution in [0.4, 0.5) is 0 Å². The van der Waals surface area contributed by atoms with Gasteiger partial charge in [0.15, 0.2) is 0 Å². The molecule has 21 heavy (non-hydrogen) atoms. The molecule has 0 saturated heterocycles. The molecule has 1 saturated carbocycles. The summed E-state index contributed by atoms with van der Waals surface area (Å²) in [4.78, 5) is 12.3. The smallest absolute Gasteiger partial charge is 0.269 e. The van der Waals surface area contributed by atoms with Gasteiger partial charge in [0.1, 0.15) is 5.69 Å². The number of hydrogen-bond acceptors (Lipinski definition) is 3. The fraction of sp³-hybridized carbons (Fsp3) is 0.750. The summed E-state index contributed by atoms with van der Waals surface area (Å²) in [5.74, 6) is 0.137. The fourth-order valence-corrected chi connectivity index (χ4v) is 2.88. The maximum Gasteiger partial charge on any atom is 0.269 e. The van der Waals surface area contributed by atoms with E-state index >= 15 is 0 Å². The number of amides is 1. The number of nitrogens with zero attached hydrogens (tertiary/aromatic N) is 2. The van der Waals surface area contributed by atoms with Crippen LogP contribution in [0.3, 0.4) is 0 Å². The summed E-state index contributed by atoms with van der Waals surface area (Å²) in [6.07, 6.45) is 5.97. The first-order valence-corrected chi connectivity index (χ1v) is 7.96. The van der Waals surface area contributed by atoms with E-state index in [9.17, 15) is 9.90 Å². The van der Waals surface area contributed by atoms with Gasteiger partial charge in [-0.05, 0) is 24.8 Å².